The molecule has 1 N–H and O–H groups in total. The maximum absolute atomic E-state index is 13.1. The highest BCUT2D eigenvalue weighted by Gasteiger charge is 2.43. The fourth-order valence-electron chi connectivity index (χ4n) is 4.03. The highest BCUT2D eigenvalue weighted by molar-refractivity contribution is 5.54. The predicted molar refractivity (Wildman–Crippen MR) is 101 cm³/mol. The van der Waals surface area contributed by atoms with Crippen LogP contribution in [0, 0.1) is 11.3 Å². The lowest BCUT2D eigenvalue weighted by Gasteiger charge is -2.30. The molecule has 2 aromatic rings. The molecule has 0 bridgehead atoms. The van der Waals surface area contributed by atoms with Crippen molar-refractivity contribution in [1.82, 2.24) is 9.88 Å². The van der Waals surface area contributed by atoms with E-state index < -0.39 is 11.9 Å². The lowest BCUT2D eigenvalue weighted by molar-refractivity contribution is -0.141. The van der Waals surface area contributed by atoms with Gasteiger partial charge in [-0.05, 0) is 49.1 Å². The molecule has 152 valence electrons. The van der Waals surface area contributed by atoms with Crippen LogP contribution in [0.1, 0.15) is 42.1 Å². The maximum atomic E-state index is 13.1. The van der Waals surface area contributed by atoms with Gasteiger partial charge in [-0.3, -0.25) is 4.90 Å². The number of alkyl halides is 3. The molecule has 2 fully saturated rings. The molecular weight excluding hydrogens is 381 g/mol. The number of rotatable bonds is 5. The van der Waals surface area contributed by atoms with Crippen molar-refractivity contribution >= 4 is 5.82 Å². The Labute approximate surface area is 167 Å². The Balaban J connectivity index is 1.67. The molecule has 29 heavy (non-hydrogen) atoms. The molecular formula is C21H21F3N4O. The summed E-state index contributed by atoms with van der Waals surface area (Å²) >= 11 is 0. The summed E-state index contributed by atoms with van der Waals surface area (Å²) in [5, 5.41) is 12.5. The number of ether oxygens (including phenoxy) is 1. The topological polar surface area (TPSA) is 61.2 Å². The molecule has 1 aromatic carbocycles. The lowest BCUT2D eigenvalue weighted by atomic mass is 9.99. The summed E-state index contributed by atoms with van der Waals surface area (Å²) in [6, 6.07) is 12.0. The first-order valence-electron chi connectivity index (χ1n) is 9.55. The van der Waals surface area contributed by atoms with Crippen LogP contribution in [0.25, 0.3) is 0 Å². The number of nitrogens with one attached hydrogen (secondary N) is 1. The number of aromatic nitrogens is 1. The first-order chi connectivity index (χ1) is 13.9. The molecule has 0 amide bonds. The summed E-state index contributed by atoms with van der Waals surface area (Å²) in [5.74, 6) is 0.719. The zero-order valence-electron chi connectivity index (χ0n) is 15.9. The minimum absolute atomic E-state index is 0.0159. The highest BCUT2D eigenvalue weighted by atomic mass is 19.4. The molecule has 2 heterocycles. The van der Waals surface area contributed by atoms with E-state index in [0.717, 1.165) is 43.2 Å². The number of anilines is 1. The summed E-state index contributed by atoms with van der Waals surface area (Å²) in [5.41, 5.74) is 0.137. The second-order valence-corrected chi connectivity index (χ2v) is 7.43. The van der Waals surface area contributed by atoms with Crippen molar-refractivity contribution in [3.05, 3.63) is 53.2 Å². The molecule has 4 rings (SSSR count). The Morgan fingerprint density at radius 2 is 2.00 bits per heavy atom. The summed E-state index contributed by atoms with van der Waals surface area (Å²) in [6.07, 6.45) is -1.57. The molecule has 0 spiro atoms. The molecule has 2 atom stereocenters. The van der Waals surface area contributed by atoms with E-state index in [4.69, 9.17) is 4.74 Å². The summed E-state index contributed by atoms with van der Waals surface area (Å²) in [6.45, 7) is 0.838. The maximum Gasteiger partial charge on any atom is 0.433 e. The van der Waals surface area contributed by atoms with Crippen LogP contribution in [0.15, 0.2) is 36.4 Å². The summed E-state index contributed by atoms with van der Waals surface area (Å²) in [7, 11) is 1.61. The van der Waals surface area contributed by atoms with E-state index >= 15 is 0 Å². The van der Waals surface area contributed by atoms with E-state index in [1.807, 2.05) is 30.3 Å². The van der Waals surface area contributed by atoms with Crippen LogP contribution in [0.2, 0.25) is 0 Å². The van der Waals surface area contributed by atoms with Crippen molar-refractivity contribution in [2.24, 2.45) is 0 Å². The standard InChI is InChI=1S/C21H21F3N4O/c1-29-16-4-2-3-13(11-16)19-17(9-10-28(19)15-6-7-15)26-20-14(12-25)5-8-18(27-20)21(22,23)24/h2-5,8,11,15,17,19H,6-7,9-10H2,1H3,(H,26,27). The lowest BCUT2D eigenvalue weighted by Crippen LogP contribution is -2.33. The smallest absolute Gasteiger partial charge is 0.433 e. The van der Waals surface area contributed by atoms with Crippen molar-refractivity contribution in [1.29, 1.82) is 5.26 Å². The van der Waals surface area contributed by atoms with Gasteiger partial charge in [-0.1, -0.05) is 12.1 Å². The minimum atomic E-state index is -4.56. The van der Waals surface area contributed by atoms with E-state index in [0.29, 0.717) is 6.04 Å². The SMILES string of the molecule is COc1cccc(C2C(Nc3nc(C(F)(F)F)ccc3C#N)CCN2C2CC2)c1. The number of nitrogens with zero attached hydrogens (tertiary/aromatic N) is 3. The first-order valence-corrected chi connectivity index (χ1v) is 9.55. The van der Waals surface area contributed by atoms with Gasteiger partial charge in [-0.2, -0.15) is 18.4 Å². The molecule has 8 heteroatoms. The van der Waals surface area contributed by atoms with Crippen LogP contribution in [0.4, 0.5) is 19.0 Å². The molecule has 2 aliphatic rings. The number of pyridine rings is 1. The molecule has 0 radical (unpaired) electrons. The molecule has 1 aliphatic heterocycles. The first kappa shape index (κ1) is 19.5. The average Bonchev–Trinajstić information content (AvgIpc) is 3.47. The number of methoxy groups -OCH3 is 1. The second-order valence-electron chi connectivity index (χ2n) is 7.43. The largest absolute Gasteiger partial charge is 0.497 e. The normalized spacial score (nSPS) is 22.3. The number of nitriles is 1. The third kappa shape index (κ3) is 4.01. The van der Waals surface area contributed by atoms with Crippen LogP contribution < -0.4 is 10.1 Å². The van der Waals surface area contributed by atoms with E-state index in [1.54, 1.807) is 7.11 Å². The monoisotopic (exact) mass is 402 g/mol. The molecule has 1 saturated carbocycles. The van der Waals surface area contributed by atoms with Crippen molar-refractivity contribution in [2.75, 3.05) is 19.0 Å². The van der Waals surface area contributed by atoms with E-state index in [-0.39, 0.29) is 23.5 Å². The number of hydrogen-bond acceptors (Lipinski definition) is 5. The van der Waals surface area contributed by atoms with Gasteiger partial charge in [-0.15, -0.1) is 0 Å². The number of benzene rings is 1. The fourth-order valence-corrected chi connectivity index (χ4v) is 4.03. The van der Waals surface area contributed by atoms with Gasteiger partial charge in [0.15, 0.2) is 0 Å². The minimum Gasteiger partial charge on any atom is -0.497 e. The van der Waals surface area contributed by atoms with Gasteiger partial charge in [0, 0.05) is 18.6 Å². The van der Waals surface area contributed by atoms with Crippen molar-refractivity contribution in [2.45, 2.75) is 43.6 Å². The Morgan fingerprint density at radius 1 is 1.21 bits per heavy atom. The number of halogens is 3. The van der Waals surface area contributed by atoms with Gasteiger partial charge in [0.25, 0.3) is 0 Å². The van der Waals surface area contributed by atoms with E-state index in [9.17, 15) is 18.4 Å². The summed E-state index contributed by atoms with van der Waals surface area (Å²) in [4.78, 5) is 6.12. The Kier molecular flexibility index (Phi) is 5.09. The second kappa shape index (κ2) is 7.56. The third-order valence-corrected chi connectivity index (χ3v) is 5.52. The Hall–Kier alpha value is -2.79. The Bertz CT molecular complexity index is 936. The summed E-state index contributed by atoms with van der Waals surface area (Å²) < 4.78 is 44.7. The number of likely N-dealkylation sites (tertiary alicyclic amines) is 1. The predicted octanol–water partition coefficient (Wildman–Crippen LogP) is 4.37. The zero-order chi connectivity index (χ0) is 20.6. The van der Waals surface area contributed by atoms with Crippen LogP contribution in [-0.4, -0.2) is 35.6 Å². The quantitative estimate of drug-likeness (QED) is 0.805. The molecule has 1 saturated heterocycles. The zero-order valence-corrected chi connectivity index (χ0v) is 15.9. The fraction of sp³-hybridized carbons (Fsp3) is 0.429. The molecule has 2 unspecified atom stereocenters. The molecule has 1 aliphatic carbocycles. The van der Waals surface area contributed by atoms with Gasteiger partial charge in [0.05, 0.1) is 18.7 Å². The van der Waals surface area contributed by atoms with Crippen molar-refractivity contribution in [3.8, 4) is 11.8 Å². The van der Waals surface area contributed by atoms with Crippen LogP contribution in [-0.2, 0) is 6.18 Å². The van der Waals surface area contributed by atoms with Crippen molar-refractivity contribution in [3.63, 3.8) is 0 Å². The Morgan fingerprint density at radius 3 is 2.66 bits per heavy atom. The van der Waals surface area contributed by atoms with Gasteiger partial charge in [-0.25, -0.2) is 4.98 Å². The highest BCUT2D eigenvalue weighted by Crippen LogP contribution is 2.43. The number of hydrogen-bond donors (Lipinski definition) is 1. The van der Waals surface area contributed by atoms with Crippen molar-refractivity contribution < 1.29 is 17.9 Å². The molecule has 5 nitrogen and oxygen atoms in total. The van der Waals surface area contributed by atoms with Crippen LogP contribution >= 0.6 is 0 Å². The van der Waals surface area contributed by atoms with Gasteiger partial charge in [0.2, 0.25) is 0 Å². The van der Waals surface area contributed by atoms with E-state index in [1.165, 1.54) is 6.07 Å². The van der Waals surface area contributed by atoms with Crippen LogP contribution in [0.5, 0.6) is 5.75 Å². The molecule has 1 aromatic heterocycles. The van der Waals surface area contributed by atoms with Gasteiger partial charge < -0.3 is 10.1 Å². The van der Waals surface area contributed by atoms with Crippen LogP contribution in [0.3, 0.4) is 0 Å². The third-order valence-electron chi connectivity index (χ3n) is 5.52. The van der Waals surface area contributed by atoms with E-state index in [2.05, 4.69) is 15.2 Å². The van der Waals surface area contributed by atoms with Gasteiger partial charge in [0.1, 0.15) is 23.3 Å². The van der Waals surface area contributed by atoms with Gasteiger partial charge >= 0.3 is 6.18 Å². The average molecular weight is 402 g/mol.